The average Bonchev–Trinajstić information content (AvgIpc) is 3.03. The Kier molecular flexibility index (Phi) is 4.95. The molecule has 0 radical (unpaired) electrons. The Balaban J connectivity index is 1.87. The zero-order valence-electron chi connectivity index (χ0n) is 14.0. The molecule has 0 aromatic heterocycles. The fraction of sp³-hybridized carbons (Fsp3) is 0.263. The van der Waals surface area contributed by atoms with Crippen LogP contribution < -0.4 is 10.1 Å². The highest BCUT2D eigenvalue weighted by molar-refractivity contribution is 6.32. The van der Waals surface area contributed by atoms with Crippen LogP contribution in [-0.4, -0.2) is 31.6 Å². The number of hydrogen-bond acceptors (Lipinski definition) is 4. The van der Waals surface area contributed by atoms with Crippen LogP contribution in [-0.2, 0) is 16.0 Å². The third-order valence-corrected chi connectivity index (χ3v) is 4.33. The highest BCUT2D eigenvalue weighted by Gasteiger charge is 2.26. The third kappa shape index (κ3) is 3.77. The van der Waals surface area contributed by atoms with Crippen molar-refractivity contribution in [3.8, 4) is 16.9 Å². The van der Waals surface area contributed by atoms with Crippen molar-refractivity contribution in [3.63, 3.8) is 0 Å². The molecule has 1 aliphatic rings. The molecule has 130 valence electrons. The summed E-state index contributed by atoms with van der Waals surface area (Å²) < 4.78 is 10.6. The number of halogens is 1. The van der Waals surface area contributed by atoms with Crippen LogP contribution in [0.5, 0.6) is 5.75 Å². The van der Waals surface area contributed by atoms with Gasteiger partial charge in [-0.05, 0) is 35.4 Å². The Labute approximate surface area is 150 Å². The topological polar surface area (TPSA) is 64.6 Å². The lowest BCUT2D eigenvalue weighted by molar-refractivity contribution is -0.119. The first-order chi connectivity index (χ1) is 12.0. The maximum absolute atomic E-state index is 11.7. The fourth-order valence-corrected chi connectivity index (χ4v) is 3.15. The molecule has 2 aromatic rings. The number of hydrogen-bond donors (Lipinski definition) is 1. The number of carbonyl (C=O) groups excluding carboxylic acids is 2. The van der Waals surface area contributed by atoms with Crippen molar-refractivity contribution in [2.45, 2.75) is 19.4 Å². The molecule has 0 bridgehead atoms. The summed E-state index contributed by atoms with van der Waals surface area (Å²) in [6.07, 6.45) is 0.535. The second-order valence-corrected chi connectivity index (χ2v) is 6.31. The summed E-state index contributed by atoms with van der Waals surface area (Å²) in [6.45, 7) is 1.91. The zero-order valence-corrected chi connectivity index (χ0v) is 14.7. The van der Waals surface area contributed by atoms with Gasteiger partial charge in [0.25, 0.3) is 0 Å². The number of fused-ring (bicyclic) bond motifs is 1. The van der Waals surface area contributed by atoms with E-state index in [0.717, 1.165) is 16.7 Å². The molecule has 1 heterocycles. The number of benzene rings is 2. The highest BCUT2D eigenvalue weighted by Crippen LogP contribution is 2.39. The van der Waals surface area contributed by atoms with Gasteiger partial charge in [-0.1, -0.05) is 23.7 Å². The monoisotopic (exact) mass is 359 g/mol. The van der Waals surface area contributed by atoms with Gasteiger partial charge in [-0.15, -0.1) is 0 Å². The first-order valence-electron chi connectivity index (χ1n) is 7.90. The minimum Gasteiger partial charge on any atom is -0.486 e. The Morgan fingerprint density at radius 2 is 2.08 bits per heavy atom. The predicted molar refractivity (Wildman–Crippen MR) is 95.0 cm³/mol. The molecule has 0 saturated carbocycles. The second kappa shape index (κ2) is 7.15. The quantitative estimate of drug-likeness (QED) is 0.851. The molecule has 0 fully saturated rings. The smallest absolute Gasteiger partial charge is 0.337 e. The van der Waals surface area contributed by atoms with Crippen LogP contribution in [0, 0.1) is 0 Å². The van der Waals surface area contributed by atoms with Crippen molar-refractivity contribution in [1.82, 2.24) is 5.32 Å². The van der Waals surface area contributed by atoms with E-state index in [2.05, 4.69) is 5.32 Å². The maximum atomic E-state index is 11.7. The van der Waals surface area contributed by atoms with Crippen molar-refractivity contribution in [2.24, 2.45) is 0 Å². The number of ether oxygens (including phenoxy) is 2. The van der Waals surface area contributed by atoms with Gasteiger partial charge in [0.05, 0.1) is 24.2 Å². The Morgan fingerprint density at radius 1 is 1.28 bits per heavy atom. The summed E-state index contributed by atoms with van der Waals surface area (Å²) >= 11 is 6.38. The van der Waals surface area contributed by atoms with Gasteiger partial charge in [0, 0.05) is 18.9 Å². The van der Waals surface area contributed by atoms with E-state index in [1.807, 2.05) is 18.2 Å². The number of rotatable bonds is 4. The van der Waals surface area contributed by atoms with Gasteiger partial charge < -0.3 is 14.8 Å². The zero-order chi connectivity index (χ0) is 18.0. The molecule has 1 unspecified atom stereocenters. The third-order valence-electron chi connectivity index (χ3n) is 4.05. The fourth-order valence-electron chi connectivity index (χ4n) is 2.87. The molecule has 0 saturated heterocycles. The van der Waals surface area contributed by atoms with E-state index in [0.29, 0.717) is 29.3 Å². The molecular formula is C19H18ClNO4. The minimum atomic E-state index is -0.382. The summed E-state index contributed by atoms with van der Waals surface area (Å²) in [5.74, 6) is 0.184. The number of carbonyl (C=O) groups is 2. The lowest BCUT2D eigenvalue weighted by Gasteiger charge is -2.11. The van der Waals surface area contributed by atoms with Gasteiger partial charge in [0.1, 0.15) is 11.9 Å². The highest BCUT2D eigenvalue weighted by atomic mass is 35.5. The molecule has 2 aromatic carbocycles. The van der Waals surface area contributed by atoms with Crippen LogP contribution in [0.4, 0.5) is 0 Å². The van der Waals surface area contributed by atoms with Crippen molar-refractivity contribution < 1.29 is 19.1 Å². The van der Waals surface area contributed by atoms with Crippen molar-refractivity contribution in [3.05, 3.63) is 52.5 Å². The standard InChI is InChI=1S/C19H18ClNO4/c1-11(22)21-10-16-8-15-7-14(9-17(20)18(15)25-16)12-4-3-5-13(6-12)19(23)24-2/h3-7,9,16H,8,10H2,1-2H3,(H,21,22). The summed E-state index contributed by atoms with van der Waals surface area (Å²) in [6, 6.07) is 11.0. The van der Waals surface area contributed by atoms with E-state index in [9.17, 15) is 9.59 Å². The van der Waals surface area contributed by atoms with E-state index in [1.165, 1.54) is 14.0 Å². The van der Waals surface area contributed by atoms with E-state index >= 15 is 0 Å². The normalized spacial score (nSPS) is 15.2. The summed E-state index contributed by atoms with van der Waals surface area (Å²) in [5.41, 5.74) is 3.24. The van der Waals surface area contributed by atoms with Gasteiger partial charge in [-0.3, -0.25) is 4.79 Å². The molecule has 1 atom stereocenters. The molecule has 1 amide bonds. The van der Waals surface area contributed by atoms with Crippen molar-refractivity contribution in [1.29, 1.82) is 0 Å². The van der Waals surface area contributed by atoms with Crippen LogP contribution in [0.1, 0.15) is 22.8 Å². The summed E-state index contributed by atoms with van der Waals surface area (Å²) in [5, 5.41) is 3.27. The van der Waals surface area contributed by atoms with Crippen LogP contribution in [0.2, 0.25) is 5.02 Å². The SMILES string of the molecule is COC(=O)c1cccc(-c2cc(Cl)c3c(c2)CC(CNC(C)=O)O3)c1. The molecule has 1 aliphatic heterocycles. The lowest BCUT2D eigenvalue weighted by Crippen LogP contribution is -2.32. The number of nitrogens with one attached hydrogen (secondary N) is 1. The van der Waals surface area contributed by atoms with E-state index in [4.69, 9.17) is 21.1 Å². The summed E-state index contributed by atoms with van der Waals surface area (Å²) in [7, 11) is 1.35. The number of amides is 1. The molecule has 0 aliphatic carbocycles. The second-order valence-electron chi connectivity index (χ2n) is 5.90. The predicted octanol–water partition coefficient (Wildman–Crippen LogP) is 3.23. The molecular weight excluding hydrogens is 342 g/mol. The maximum Gasteiger partial charge on any atom is 0.337 e. The van der Waals surface area contributed by atoms with E-state index < -0.39 is 0 Å². The largest absolute Gasteiger partial charge is 0.486 e. The van der Waals surface area contributed by atoms with Crippen molar-refractivity contribution >= 4 is 23.5 Å². The number of methoxy groups -OCH3 is 1. The van der Waals surface area contributed by atoms with Crippen LogP contribution in [0.15, 0.2) is 36.4 Å². The van der Waals surface area contributed by atoms with Crippen molar-refractivity contribution in [2.75, 3.05) is 13.7 Å². The Morgan fingerprint density at radius 3 is 2.80 bits per heavy atom. The lowest BCUT2D eigenvalue weighted by atomic mass is 9.99. The average molecular weight is 360 g/mol. The van der Waals surface area contributed by atoms with Gasteiger partial charge in [-0.2, -0.15) is 0 Å². The first-order valence-corrected chi connectivity index (χ1v) is 8.28. The van der Waals surface area contributed by atoms with Crippen LogP contribution in [0.3, 0.4) is 0 Å². The molecule has 5 nitrogen and oxygen atoms in total. The van der Waals surface area contributed by atoms with Crippen LogP contribution >= 0.6 is 11.6 Å². The van der Waals surface area contributed by atoms with Gasteiger partial charge in [0.2, 0.25) is 5.91 Å². The first kappa shape index (κ1) is 17.3. The molecule has 6 heteroatoms. The van der Waals surface area contributed by atoms with Gasteiger partial charge in [0.15, 0.2) is 0 Å². The molecule has 3 rings (SSSR count). The van der Waals surface area contributed by atoms with Gasteiger partial charge >= 0.3 is 5.97 Å². The summed E-state index contributed by atoms with van der Waals surface area (Å²) in [4.78, 5) is 22.8. The molecule has 25 heavy (non-hydrogen) atoms. The molecule has 1 N–H and O–H groups in total. The van der Waals surface area contributed by atoms with Crippen LogP contribution in [0.25, 0.3) is 11.1 Å². The molecule has 0 spiro atoms. The minimum absolute atomic E-state index is 0.0917. The Hall–Kier alpha value is -2.53. The van der Waals surface area contributed by atoms with E-state index in [1.54, 1.807) is 18.2 Å². The Bertz CT molecular complexity index is 834. The number of esters is 1. The van der Waals surface area contributed by atoms with Gasteiger partial charge in [-0.25, -0.2) is 4.79 Å². The van der Waals surface area contributed by atoms with E-state index in [-0.39, 0.29) is 18.0 Å².